The molecule has 0 aromatic heterocycles. The van der Waals surface area contributed by atoms with Gasteiger partial charge in [0.05, 0.1) is 0 Å². The first-order valence-corrected chi connectivity index (χ1v) is 6.46. The number of ether oxygens (including phenoxy) is 1. The van der Waals surface area contributed by atoms with E-state index in [4.69, 9.17) is 14.8 Å². The molecule has 5 heteroatoms. The van der Waals surface area contributed by atoms with E-state index >= 15 is 0 Å². The Morgan fingerprint density at radius 1 is 1.39 bits per heavy atom. The van der Waals surface area contributed by atoms with Crippen molar-refractivity contribution >= 4 is 12.6 Å². The topological polar surface area (TPSA) is 52.9 Å². The third-order valence-corrected chi connectivity index (χ3v) is 3.57. The molecular weight excluding hydrogens is 229 g/mol. The molecule has 1 aliphatic carbocycles. The summed E-state index contributed by atoms with van der Waals surface area (Å²) in [4.78, 5) is 2.33. The Morgan fingerprint density at radius 3 is 2.78 bits per heavy atom. The lowest BCUT2D eigenvalue weighted by Gasteiger charge is -2.34. The third-order valence-electron chi connectivity index (χ3n) is 3.57. The molecule has 18 heavy (non-hydrogen) atoms. The van der Waals surface area contributed by atoms with E-state index in [9.17, 15) is 0 Å². The molecule has 1 aromatic rings. The lowest BCUT2D eigenvalue weighted by molar-refractivity contribution is 0.135. The number of nitrogens with zero attached hydrogens (tertiary/aromatic N) is 1. The summed E-state index contributed by atoms with van der Waals surface area (Å²) in [6.07, 6.45) is 3.93. The molecule has 98 valence electrons. The van der Waals surface area contributed by atoms with Gasteiger partial charge in [-0.2, -0.15) is 0 Å². The molecule has 2 N–H and O–H groups in total. The molecule has 1 aliphatic rings. The van der Waals surface area contributed by atoms with Crippen molar-refractivity contribution in [2.75, 3.05) is 20.2 Å². The summed E-state index contributed by atoms with van der Waals surface area (Å²) in [6, 6.07) is 7.64. The first-order chi connectivity index (χ1) is 8.66. The van der Waals surface area contributed by atoms with Gasteiger partial charge < -0.3 is 19.7 Å². The number of hydrogen-bond donors (Lipinski definition) is 2. The van der Waals surface area contributed by atoms with Crippen molar-refractivity contribution in [3.63, 3.8) is 0 Å². The van der Waals surface area contributed by atoms with Crippen LogP contribution < -0.4 is 10.2 Å². The molecule has 1 saturated carbocycles. The standard InChI is InChI=1S/C13H20BNO3/c1-15(12-5-3-6-12)8-9-18-13-7-2-4-11(10-13)14(16)17/h2,4,7,10,12,16-17H,3,5-6,8-9H2,1H3. The maximum Gasteiger partial charge on any atom is 0.488 e. The van der Waals surface area contributed by atoms with Crippen LogP contribution in [0.3, 0.4) is 0 Å². The zero-order valence-electron chi connectivity index (χ0n) is 10.7. The average molecular weight is 249 g/mol. The molecule has 1 aromatic carbocycles. The lowest BCUT2D eigenvalue weighted by atomic mass is 9.80. The molecule has 0 heterocycles. The normalized spacial score (nSPS) is 15.6. The minimum absolute atomic E-state index is 0.458. The smallest absolute Gasteiger partial charge is 0.488 e. The highest BCUT2D eigenvalue weighted by Crippen LogP contribution is 2.23. The molecule has 0 atom stereocenters. The van der Waals surface area contributed by atoms with Gasteiger partial charge in [-0.3, -0.25) is 0 Å². The van der Waals surface area contributed by atoms with Crippen LogP contribution in [0.1, 0.15) is 19.3 Å². The van der Waals surface area contributed by atoms with E-state index in [-0.39, 0.29) is 0 Å². The van der Waals surface area contributed by atoms with E-state index in [1.807, 2.05) is 6.07 Å². The summed E-state index contributed by atoms with van der Waals surface area (Å²) in [7, 11) is 0.687. The van der Waals surface area contributed by atoms with Crippen molar-refractivity contribution in [1.29, 1.82) is 0 Å². The van der Waals surface area contributed by atoms with Crippen LogP contribution in [0.15, 0.2) is 24.3 Å². The molecule has 0 spiro atoms. The van der Waals surface area contributed by atoms with Crippen molar-refractivity contribution in [3.05, 3.63) is 24.3 Å². The molecule has 0 amide bonds. The molecule has 0 saturated heterocycles. The van der Waals surface area contributed by atoms with Gasteiger partial charge in [-0.05, 0) is 37.5 Å². The van der Waals surface area contributed by atoms with Crippen molar-refractivity contribution in [2.24, 2.45) is 0 Å². The Bertz CT molecular complexity index is 382. The second-order valence-electron chi connectivity index (χ2n) is 4.86. The van der Waals surface area contributed by atoms with Gasteiger partial charge >= 0.3 is 7.12 Å². The lowest BCUT2D eigenvalue weighted by Crippen LogP contribution is -2.39. The van der Waals surface area contributed by atoms with Crippen LogP contribution in [0, 0.1) is 0 Å². The first-order valence-electron chi connectivity index (χ1n) is 6.46. The molecular formula is C13H20BNO3. The van der Waals surface area contributed by atoms with E-state index in [2.05, 4.69) is 11.9 Å². The van der Waals surface area contributed by atoms with Gasteiger partial charge in [0.1, 0.15) is 12.4 Å². The van der Waals surface area contributed by atoms with Crippen LogP contribution >= 0.6 is 0 Å². The predicted octanol–water partition coefficient (Wildman–Crippen LogP) is 0.229. The number of rotatable bonds is 6. The predicted molar refractivity (Wildman–Crippen MR) is 72.0 cm³/mol. The fourth-order valence-corrected chi connectivity index (χ4v) is 2.08. The summed E-state index contributed by atoms with van der Waals surface area (Å²) in [5, 5.41) is 18.1. The van der Waals surface area contributed by atoms with Gasteiger partial charge in [0.2, 0.25) is 0 Å². The monoisotopic (exact) mass is 249 g/mol. The Balaban J connectivity index is 1.77. The Labute approximate surface area is 108 Å². The van der Waals surface area contributed by atoms with E-state index in [1.165, 1.54) is 19.3 Å². The summed E-state index contributed by atoms with van der Waals surface area (Å²) >= 11 is 0. The van der Waals surface area contributed by atoms with Crippen LogP contribution in [-0.4, -0.2) is 48.3 Å². The van der Waals surface area contributed by atoms with Crippen LogP contribution in [0.2, 0.25) is 0 Å². The summed E-state index contributed by atoms with van der Waals surface area (Å²) < 4.78 is 5.62. The molecule has 0 bridgehead atoms. The summed E-state index contributed by atoms with van der Waals surface area (Å²) in [5.41, 5.74) is 0.458. The van der Waals surface area contributed by atoms with Crippen molar-refractivity contribution in [3.8, 4) is 5.75 Å². The fourth-order valence-electron chi connectivity index (χ4n) is 2.08. The Morgan fingerprint density at radius 2 is 2.17 bits per heavy atom. The van der Waals surface area contributed by atoms with Gasteiger partial charge in [-0.25, -0.2) is 0 Å². The van der Waals surface area contributed by atoms with Crippen LogP contribution in [-0.2, 0) is 0 Å². The van der Waals surface area contributed by atoms with Gasteiger partial charge in [0, 0.05) is 12.6 Å². The highest BCUT2D eigenvalue weighted by molar-refractivity contribution is 6.58. The zero-order valence-corrected chi connectivity index (χ0v) is 10.7. The largest absolute Gasteiger partial charge is 0.492 e. The maximum absolute atomic E-state index is 9.07. The first kappa shape index (κ1) is 13.4. The highest BCUT2D eigenvalue weighted by atomic mass is 16.5. The van der Waals surface area contributed by atoms with Crippen LogP contribution in [0.25, 0.3) is 0 Å². The molecule has 4 nitrogen and oxygen atoms in total. The average Bonchev–Trinajstić information content (AvgIpc) is 2.27. The quantitative estimate of drug-likeness (QED) is 0.708. The fraction of sp³-hybridized carbons (Fsp3) is 0.538. The van der Waals surface area contributed by atoms with Crippen LogP contribution in [0.4, 0.5) is 0 Å². The van der Waals surface area contributed by atoms with E-state index < -0.39 is 7.12 Å². The number of likely N-dealkylation sites (N-methyl/N-ethyl adjacent to an activating group) is 1. The van der Waals surface area contributed by atoms with Crippen molar-refractivity contribution in [1.82, 2.24) is 4.90 Å². The van der Waals surface area contributed by atoms with Gasteiger partial charge in [0.25, 0.3) is 0 Å². The van der Waals surface area contributed by atoms with E-state index in [0.29, 0.717) is 17.8 Å². The third kappa shape index (κ3) is 3.48. The Kier molecular flexibility index (Phi) is 4.63. The Hall–Kier alpha value is -1.04. The van der Waals surface area contributed by atoms with Gasteiger partial charge in [-0.15, -0.1) is 0 Å². The summed E-state index contributed by atoms with van der Waals surface area (Å²) in [6.45, 7) is 1.52. The molecule has 1 fully saturated rings. The highest BCUT2D eigenvalue weighted by Gasteiger charge is 2.21. The minimum Gasteiger partial charge on any atom is -0.492 e. The SMILES string of the molecule is CN(CCOc1cccc(B(O)O)c1)C1CCC1. The van der Waals surface area contributed by atoms with E-state index in [0.717, 1.165) is 12.6 Å². The maximum atomic E-state index is 9.07. The number of hydrogen-bond acceptors (Lipinski definition) is 4. The summed E-state index contributed by atoms with van der Waals surface area (Å²) in [5.74, 6) is 0.683. The molecule has 0 aliphatic heterocycles. The zero-order chi connectivity index (χ0) is 13.0. The molecule has 0 radical (unpaired) electrons. The molecule has 0 unspecified atom stereocenters. The number of benzene rings is 1. The van der Waals surface area contributed by atoms with Crippen LogP contribution in [0.5, 0.6) is 5.75 Å². The molecule has 2 rings (SSSR count). The van der Waals surface area contributed by atoms with E-state index in [1.54, 1.807) is 18.2 Å². The second kappa shape index (κ2) is 6.23. The van der Waals surface area contributed by atoms with Gasteiger partial charge in [-0.1, -0.05) is 18.6 Å². The van der Waals surface area contributed by atoms with Crippen molar-refractivity contribution in [2.45, 2.75) is 25.3 Å². The van der Waals surface area contributed by atoms with Crippen molar-refractivity contribution < 1.29 is 14.8 Å². The van der Waals surface area contributed by atoms with Gasteiger partial charge in [0.15, 0.2) is 0 Å². The minimum atomic E-state index is -1.44. The second-order valence-corrected chi connectivity index (χ2v) is 4.86.